The number of nitriles is 1. The van der Waals surface area contributed by atoms with Gasteiger partial charge in [0.2, 0.25) is 0 Å². The number of piperidine rings is 1. The molecule has 206 valence electrons. The topological polar surface area (TPSA) is 95.3 Å². The van der Waals surface area contributed by atoms with Crippen molar-refractivity contribution in [1.82, 2.24) is 9.80 Å². The summed E-state index contributed by atoms with van der Waals surface area (Å²) in [6.45, 7) is 4.56. The highest BCUT2D eigenvalue weighted by Crippen LogP contribution is 2.33. The first kappa shape index (κ1) is 29.8. The third kappa shape index (κ3) is 7.43. The predicted molar refractivity (Wildman–Crippen MR) is 154 cm³/mol. The molecule has 38 heavy (non-hydrogen) atoms. The summed E-state index contributed by atoms with van der Waals surface area (Å²) >= 11 is 0. The third-order valence-corrected chi connectivity index (χ3v) is 7.45. The lowest BCUT2D eigenvalue weighted by Gasteiger charge is -2.36. The number of amides is 1. The van der Waals surface area contributed by atoms with E-state index in [-0.39, 0.29) is 51.0 Å². The van der Waals surface area contributed by atoms with Crippen LogP contribution in [0, 0.1) is 17.2 Å². The number of aromatic hydroxyl groups is 1. The molecule has 0 aromatic heterocycles. The van der Waals surface area contributed by atoms with Crippen LogP contribution in [0.25, 0.3) is 0 Å². The zero-order valence-electron chi connectivity index (χ0n) is 21.5. The van der Waals surface area contributed by atoms with E-state index in [0.29, 0.717) is 36.2 Å². The van der Waals surface area contributed by atoms with Gasteiger partial charge in [-0.3, -0.25) is 4.90 Å². The van der Waals surface area contributed by atoms with Crippen LogP contribution >= 0.6 is 27.0 Å². The van der Waals surface area contributed by atoms with Gasteiger partial charge in [-0.25, -0.2) is 4.79 Å². The van der Waals surface area contributed by atoms with Gasteiger partial charge in [-0.15, -0.1) is 0 Å². The fourth-order valence-electron chi connectivity index (χ4n) is 5.41. The number of carbonyl (C=O) groups excluding carboxylic acids is 1. The van der Waals surface area contributed by atoms with Gasteiger partial charge in [0.1, 0.15) is 25.1 Å². The van der Waals surface area contributed by atoms with Crippen molar-refractivity contribution in [3.8, 4) is 23.3 Å². The molecule has 1 N–H and O–H groups in total. The lowest BCUT2D eigenvalue weighted by atomic mass is 9.92. The number of carbonyl (C=O) groups is 1. The average molecular weight is 560 g/mol. The predicted octanol–water partition coefficient (Wildman–Crippen LogP) is 4.18. The monoisotopic (exact) mass is 559 g/mol. The van der Waals surface area contributed by atoms with Crippen molar-refractivity contribution in [1.29, 1.82) is 5.26 Å². The average Bonchev–Trinajstić information content (AvgIpc) is 3.24. The van der Waals surface area contributed by atoms with E-state index in [1.807, 2.05) is 17.0 Å². The summed E-state index contributed by atoms with van der Waals surface area (Å²) in [5, 5.41) is 18.6. The largest absolute Gasteiger partial charge is 0.508 e. The van der Waals surface area contributed by atoms with E-state index in [9.17, 15) is 9.90 Å². The van der Waals surface area contributed by atoms with Crippen LogP contribution in [0.2, 0.25) is 0 Å². The first-order valence-electron chi connectivity index (χ1n) is 12.8. The van der Waals surface area contributed by atoms with Gasteiger partial charge >= 0.3 is 6.09 Å². The minimum Gasteiger partial charge on any atom is -0.508 e. The van der Waals surface area contributed by atoms with Crippen LogP contribution in [-0.4, -0.2) is 72.5 Å². The van der Waals surface area contributed by atoms with E-state index in [4.69, 9.17) is 19.5 Å². The second-order valence-electron chi connectivity index (χ2n) is 10.0. The van der Waals surface area contributed by atoms with Crippen LogP contribution < -0.4 is 9.47 Å². The summed E-state index contributed by atoms with van der Waals surface area (Å²) in [5.74, 6) is 2.28. The normalized spacial score (nSPS) is 21.1. The van der Waals surface area contributed by atoms with E-state index in [0.717, 1.165) is 63.8 Å². The Hall–Kier alpha value is -2.74. The summed E-state index contributed by atoms with van der Waals surface area (Å²) in [7, 11) is 0. The molecule has 3 aliphatic rings. The Kier molecular flexibility index (Phi) is 10.9. The van der Waals surface area contributed by atoms with Gasteiger partial charge in [0.05, 0.1) is 17.7 Å². The van der Waals surface area contributed by atoms with Gasteiger partial charge in [0.25, 0.3) is 0 Å². The molecule has 10 heteroatoms. The second-order valence-corrected chi connectivity index (χ2v) is 10.0. The maximum Gasteiger partial charge on any atom is 0.410 e. The molecule has 5 rings (SSSR count). The van der Waals surface area contributed by atoms with Crippen LogP contribution in [0.4, 0.5) is 4.79 Å². The van der Waals surface area contributed by atoms with Crippen LogP contribution in [-0.2, 0) is 11.2 Å². The van der Waals surface area contributed by atoms with Gasteiger partial charge in [-0.05, 0) is 80.9 Å². The lowest BCUT2D eigenvalue weighted by Crippen LogP contribution is -2.44. The molecule has 3 heterocycles. The van der Waals surface area contributed by atoms with Crippen molar-refractivity contribution < 1.29 is 24.1 Å². The van der Waals surface area contributed by atoms with Crippen LogP contribution in [0.1, 0.15) is 36.8 Å². The van der Waals surface area contributed by atoms with E-state index in [1.165, 1.54) is 0 Å². The number of nitrogens with zero attached hydrogens (tertiary/aromatic N) is 3. The summed E-state index contributed by atoms with van der Waals surface area (Å²) in [6.07, 6.45) is 4.86. The number of hydrogen-bond acceptors (Lipinski definition) is 7. The summed E-state index contributed by atoms with van der Waals surface area (Å²) in [6, 6.07) is 14.7. The Morgan fingerprint density at radius 3 is 2.50 bits per heavy atom. The minimum absolute atomic E-state index is 0. The summed E-state index contributed by atoms with van der Waals surface area (Å²) < 4.78 is 17.3. The smallest absolute Gasteiger partial charge is 0.410 e. The van der Waals surface area contributed by atoms with Crippen molar-refractivity contribution in [3.05, 3.63) is 53.6 Å². The zero-order valence-corrected chi connectivity index (χ0v) is 23.5. The molecule has 2 aromatic rings. The van der Waals surface area contributed by atoms with Gasteiger partial charge in [0, 0.05) is 19.2 Å². The quantitative estimate of drug-likeness (QED) is 0.518. The molecule has 3 aliphatic heterocycles. The number of ether oxygens (including phenoxy) is 3. The molecule has 2 fully saturated rings. The molecule has 1 amide bonds. The van der Waals surface area contributed by atoms with Gasteiger partial charge < -0.3 is 24.2 Å². The first-order chi connectivity index (χ1) is 17.6. The standard InChI is InChI=1S/C28H33N3O5.2H2S/c29-16-22-5-8-26-27(15-22)36-25(19-34-26)17-30-12-9-20(10-13-30)2-1-11-31-23(18-35-28(31)33)14-21-3-6-24(32)7-4-21;;/h3-8,15,20,23,25,32H,1-2,9-14,17-19H2;2*1H2/t23-,25-;;/m0../s1. The first-order valence-corrected chi connectivity index (χ1v) is 12.8. The van der Waals surface area contributed by atoms with Crippen molar-refractivity contribution in [2.24, 2.45) is 5.92 Å². The highest BCUT2D eigenvalue weighted by Gasteiger charge is 2.33. The summed E-state index contributed by atoms with van der Waals surface area (Å²) in [5.41, 5.74) is 1.67. The SMILES string of the molecule is N#Cc1ccc2c(c1)O[C@@H](CN1CCC(CCCN3C(=O)OC[C@@H]3Cc3ccc(O)cc3)CC1)CO2.S.S. The molecule has 0 unspecified atom stereocenters. The molecule has 0 saturated carbocycles. The summed E-state index contributed by atoms with van der Waals surface area (Å²) in [4.78, 5) is 16.6. The van der Waals surface area contributed by atoms with Crippen LogP contribution in [0.15, 0.2) is 42.5 Å². The highest BCUT2D eigenvalue weighted by molar-refractivity contribution is 7.59. The van der Waals surface area contributed by atoms with Gasteiger partial charge in [-0.1, -0.05) is 12.1 Å². The fourth-order valence-corrected chi connectivity index (χ4v) is 5.41. The number of benzene rings is 2. The van der Waals surface area contributed by atoms with Crippen molar-refractivity contribution in [3.63, 3.8) is 0 Å². The Morgan fingerprint density at radius 1 is 1.00 bits per heavy atom. The van der Waals surface area contributed by atoms with E-state index < -0.39 is 0 Å². The number of likely N-dealkylation sites (tertiary alicyclic amines) is 1. The van der Waals surface area contributed by atoms with Crippen molar-refractivity contribution >= 4 is 33.1 Å². The lowest BCUT2D eigenvalue weighted by molar-refractivity contribution is 0.0469. The molecule has 2 aromatic carbocycles. The van der Waals surface area contributed by atoms with Crippen molar-refractivity contribution in [2.45, 2.75) is 44.2 Å². The number of cyclic esters (lactones) is 1. The molecule has 0 radical (unpaired) electrons. The number of hydrogen-bond donors (Lipinski definition) is 1. The Labute approximate surface area is 238 Å². The van der Waals surface area contributed by atoms with Gasteiger partial charge in [-0.2, -0.15) is 32.3 Å². The number of fused-ring (bicyclic) bond motifs is 1. The van der Waals surface area contributed by atoms with Gasteiger partial charge in [0.15, 0.2) is 11.5 Å². The minimum atomic E-state index is -0.216. The maximum absolute atomic E-state index is 12.3. The molecule has 0 aliphatic carbocycles. The Bertz CT molecular complexity index is 1100. The molecule has 2 saturated heterocycles. The number of rotatable bonds is 8. The molecule has 2 atom stereocenters. The third-order valence-electron chi connectivity index (χ3n) is 7.45. The maximum atomic E-state index is 12.3. The number of phenolic OH excluding ortho intramolecular Hbond substituents is 1. The van der Waals surface area contributed by atoms with E-state index in [1.54, 1.807) is 30.3 Å². The molecule has 0 spiro atoms. The van der Waals surface area contributed by atoms with Crippen molar-refractivity contribution in [2.75, 3.05) is 39.4 Å². The fraction of sp³-hybridized carbons (Fsp3) is 0.500. The Balaban J connectivity index is 0.00000200. The van der Waals surface area contributed by atoms with Crippen LogP contribution in [0.3, 0.4) is 0 Å². The molecular weight excluding hydrogens is 522 g/mol. The number of phenols is 1. The zero-order chi connectivity index (χ0) is 24.9. The highest BCUT2D eigenvalue weighted by atomic mass is 32.1. The Morgan fingerprint density at radius 2 is 1.76 bits per heavy atom. The van der Waals surface area contributed by atoms with E-state index in [2.05, 4.69) is 11.0 Å². The molecule has 0 bridgehead atoms. The van der Waals surface area contributed by atoms with Crippen LogP contribution in [0.5, 0.6) is 17.2 Å². The molecular formula is C28H37N3O5S2. The van der Waals surface area contributed by atoms with E-state index >= 15 is 0 Å². The second kappa shape index (κ2) is 13.9. The molecule has 8 nitrogen and oxygen atoms in total.